The molecule has 49 heavy (non-hydrogen) atoms. The van der Waals surface area contributed by atoms with E-state index in [0.29, 0.717) is 31.9 Å². The van der Waals surface area contributed by atoms with Crippen LogP contribution in [-0.2, 0) is 23.1 Å². The second-order valence-corrected chi connectivity index (χ2v) is 17.4. The normalized spacial score (nSPS) is 19.6. The summed E-state index contributed by atoms with van der Waals surface area (Å²) in [4.78, 5) is 11.7. The number of fused-ring (bicyclic) bond motifs is 4. The lowest BCUT2D eigenvalue weighted by molar-refractivity contribution is 0.0922. The molecule has 4 heterocycles. The Balaban J connectivity index is 0.992. The number of thiazole rings is 2. The minimum absolute atomic E-state index is 0.0418. The van der Waals surface area contributed by atoms with Gasteiger partial charge in [0.1, 0.15) is 11.5 Å². The largest absolute Gasteiger partial charge is 0.431 e. The number of aromatic nitrogens is 2. The Morgan fingerprint density at radius 3 is 1.61 bits per heavy atom. The molecule has 0 aliphatic carbocycles. The predicted molar refractivity (Wildman–Crippen MR) is 198 cm³/mol. The molecule has 13 heteroatoms. The molecular formula is C36H32Cl2N4O4S3. The molecule has 2 fully saturated rings. The number of halogens is 2. The van der Waals surface area contributed by atoms with E-state index in [1.807, 2.05) is 60.7 Å². The van der Waals surface area contributed by atoms with Gasteiger partial charge in [-0.05, 0) is 97.5 Å². The van der Waals surface area contributed by atoms with Crippen LogP contribution in [0, 0.1) is 0 Å². The standard InChI is InChI=1S/C36H32Cl2N4O4S3/c1-49(43,44)42-26-8-9-27(42)19-28(18-26)41(20-22-2-10-29(11-3-22)45-35-39-31-14-6-24(37)16-33(31)47-35)21-23-4-12-30(13-5-23)46-36-40-32-15-7-25(38)17-34(32)48-36/h2-7,10-17,26-28H,8-9,18-21H2,1H3. The highest BCUT2D eigenvalue weighted by atomic mass is 35.5. The van der Waals surface area contributed by atoms with Crippen molar-refractivity contribution in [1.29, 1.82) is 0 Å². The lowest BCUT2D eigenvalue weighted by Gasteiger charge is -2.42. The molecule has 252 valence electrons. The van der Waals surface area contributed by atoms with Gasteiger partial charge in [0.2, 0.25) is 10.0 Å². The molecule has 0 radical (unpaired) electrons. The molecule has 2 bridgehead atoms. The monoisotopic (exact) mass is 750 g/mol. The third-order valence-electron chi connectivity index (χ3n) is 9.23. The first kappa shape index (κ1) is 32.9. The second kappa shape index (κ2) is 13.4. The van der Waals surface area contributed by atoms with Crippen LogP contribution in [-0.4, -0.2) is 52.0 Å². The molecule has 4 aromatic carbocycles. The zero-order chi connectivity index (χ0) is 33.7. The lowest BCUT2D eigenvalue weighted by atomic mass is 9.96. The van der Waals surface area contributed by atoms with Gasteiger partial charge in [0, 0.05) is 41.3 Å². The van der Waals surface area contributed by atoms with Gasteiger partial charge in [0.15, 0.2) is 0 Å². The van der Waals surface area contributed by atoms with Crippen molar-refractivity contribution < 1.29 is 17.9 Å². The molecule has 2 aromatic heterocycles. The number of nitrogens with zero attached hydrogens (tertiary/aromatic N) is 4. The molecule has 2 aliphatic rings. The molecule has 8 nitrogen and oxygen atoms in total. The SMILES string of the molecule is CS(=O)(=O)N1C2CCC1CC(N(Cc1ccc(Oc3nc4ccc(Cl)cc4s3)cc1)Cc1ccc(Oc3nc4ccc(Cl)cc4s3)cc1)C2. The molecule has 2 aliphatic heterocycles. The fourth-order valence-corrected chi connectivity index (χ4v) is 10.8. The van der Waals surface area contributed by atoms with Crippen molar-refractivity contribution in [3.05, 3.63) is 106 Å². The zero-order valence-electron chi connectivity index (χ0n) is 26.5. The Kier molecular flexibility index (Phi) is 9.02. The topological polar surface area (TPSA) is 84.9 Å². The van der Waals surface area contributed by atoms with E-state index >= 15 is 0 Å². The first-order valence-electron chi connectivity index (χ1n) is 16.0. The smallest absolute Gasteiger partial charge is 0.279 e. The van der Waals surface area contributed by atoms with E-state index in [-0.39, 0.29) is 18.1 Å². The summed E-state index contributed by atoms with van der Waals surface area (Å²) in [5, 5.41) is 2.48. The van der Waals surface area contributed by atoms with E-state index < -0.39 is 10.0 Å². The van der Waals surface area contributed by atoms with Crippen LogP contribution in [0.25, 0.3) is 20.4 Å². The van der Waals surface area contributed by atoms with E-state index in [9.17, 15) is 8.42 Å². The maximum atomic E-state index is 12.6. The molecule has 0 N–H and O–H groups in total. The van der Waals surface area contributed by atoms with Crippen molar-refractivity contribution in [3.8, 4) is 21.9 Å². The highest BCUT2D eigenvalue weighted by Crippen LogP contribution is 2.40. The van der Waals surface area contributed by atoms with Crippen molar-refractivity contribution in [2.75, 3.05) is 6.26 Å². The fourth-order valence-electron chi connectivity index (χ4n) is 7.10. The van der Waals surface area contributed by atoms with Crippen LogP contribution >= 0.6 is 45.9 Å². The average Bonchev–Trinajstić information content (AvgIpc) is 3.74. The van der Waals surface area contributed by atoms with Gasteiger partial charge in [0.05, 0.1) is 26.7 Å². The summed E-state index contributed by atoms with van der Waals surface area (Å²) in [6.45, 7) is 1.44. The molecular weight excluding hydrogens is 720 g/mol. The first-order valence-corrected chi connectivity index (χ1v) is 20.2. The lowest BCUT2D eigenvalue weighted by Crippen LogP contribution is -2.51. The Hall–Kier alpha value is -3.29. The minimum atomic E-state index is -3.25. The third kappa shape index (κ3) is 7.30. The van der Waals surface area contributed by atoms with Crippen LogP contribution in [0.5, 0.6) is 21.9 Å². The van der Waals surface area contributed by atoms with Crippen LogP contribution in [0.1, 0.15) is 36.8 Å². The Labute approximate surface area is 302 Å². The number of hydrogen-bond acceptors (Lipinski definition) is 9. The van der Waals surface area contributed by atoms with Gasteiger partial charge in [-0.3, -0.25) is 4.90 Å². The number of rotatable bonds is 10. The molecule has 2 atom stereocenters. The minimum Gasteiger partial charge on any atom is -0.431 e. The quantitative estimate of drug-likeness (QED) is 0.138. The van der Waals surface area contributed by atoms with Gasteiger partial charge in [0.25, 0.3) is 10.4 Å². The van der Waals surface area contributed by atoms with E-state index in [1.54, 1.807) is 4.31 Å². The first-order chi connectivity index (χ1) is 23.6. The average molecular weight is 752 g/mol. The van der Waals surface area contributed by atoms with Crippen molar-refractivity contribution in [1.82, 2.24) is 19.2 Å². The van der Waals surface area contributed by atoms with Crippen LogP contribution in [0.3, 0.4) is 0 Å². The van der Waals surface area contributed by atoms with Crippen LogP contribution in [0.15, 0.2) is 84.9 Å². The van der Waals surface area contributed by atoms with Crippen LogP contribution < -0.4 is 9.47 Å². The summed E-state index contributed by atoms with van der Waals surface area (Å²) in [5.74, 6) is 1.43. The number of ether oxygens (including phenoxy) is 2. The van der Waals surface area contributed by atoms with Crippen molar-refractivity contribution in [2.45, 2.75) is 56.9 Å². The van der Waals surface area contributed by atoms with Gasteiger partial charge in [-0.2, -0.15) is 4.31 Å². The summed E-state index contributed by atoms with van der Waals surface area (Å²) in [5.41, 5.74) is 4.01. The van der Waals surface area contributed by atoms with E-state index in [2.05, 4.69) is 39.1 Å². The summed E-state index contributed by atoms with van der Waals surface area (Å²) < 4.78 is 41.2. The summed E-state index contributed by atoms with van der Waals surface area (Å²) >= 11 is 15.2. The van der Waals surface area contributed by atoms with Crippen molar-refractivity contribution in [2.24, 2.45) is 0 Å². The van der Waals surface area contributed by atoms with E-state index in [4.69, 9.17) is 32.7 Å². The van der Waals surface area contributed by atoms with Gasteiger partial charge < -0.3 is 9.47 Å². The summed E-state index contributed by atoms with van der Waals surface area (Å²) in [6, 6.07) is 27.8. The Bertz CT molecular complexity index is 2100. The molecule has 6 aromatic rings. The van der Waals surface area contributed by atoms with E-state index in [1.165, 1.54) is 28.9 Å². The summed E-state index contributed by atoms with van der Waals surface area (Å²) in [7, 11) is -3.25. The van der Waals surface area contributed by atoms with Gasteiger partial charge in [-0.1, -0.05) is 70.1 Å². The molecule has 0 saturated carbocycles. The van der Waals surface area contributed by atoms with Gasteiger partial charge in [-0.25, -0.2) is 18.4 Å². The van der Waals surface area contributed by atoms with E-state index in [0.717, 1.165) is 70.3 Å². The Morgan fingerprint density at radius 2 is 1.18 bits per heavy atom. The van der Waals surface area contributed by atoms with Crippen LogP contribution in [0.4, 0.5) is 0 Å². The highest BCUT2D eigenvalue weighted by molar-refractivity contribution is 7.88. The van der Waals surface area contributed by atoms with Gasteiger partial charge in [-0.15, -0.1) is 0 Å². The number of sulfonamides is 1. The van der Waals surface area contributed by atoms with Crippen molar-refractivity contribution in [3.63, 3.8) is 0 Å². The maximum absolute atomic E-state index is 12.6. The zero-order valence-corrected chi connectivity index (χ0v) is 30.4. The molecule has 8 rings (SSSR count). The molecule has 0 amide bonds. The van der Waals surface area contributed by atoms with Crippen molar-refractivity contribution >= 4 is 76.3 Å². The third-order valence-corrected chi connectivity index (χ3v) is 12.9. The molecule has 2 saturated heterocycles. The molecule has 2 unspecified atom stereocenters. The maximum Gasteiger partial charge on any atom is 0.279 e. The number of benzene rings is 4. The fraction of sp³-hybridized carbons (Fsp3) is 0.278. The molecule has 0 spiro atoms. The number of piperidine rings is 1. The summed E-state index contributed by atoms with van der Waals surface area (Å²) in [6.07, 6.45) is 4.80. The number of hydrogen-bond donors (Lipinski definition) is 0. The highest BCUT2D eigenvalue weighted by Gasteiger charge is 2.46. The predicted octanol–water partition coefficient (Wildman–Crippen LogP) is 9.75. The van der Waals surface area contributed by atoms with Gasteiger partial charge >= 0.3 is 0 Å². The Morgan fingerprint density at radius 1 is 0.735 bits per heavy atom. The second-order valence-electron chi connectivity index (χ2n) is 12.7. The van der Waals surface area contributed by atoms with Crippen LogP contribution in [0.2, 0.25) is 10.0 Å².